The molecule has 4 rings (SSSR count). The molecule has 0 aliphatic heterocycles. The van der Waals surface area contributed by atoms with Crippen molar-refractivity contribution in [3.05, 3.63) is 133 Å². The van der Waals surface area contributed by atoms with E-state index in [-0.39, 0.29) is 17.0 Å². The number of halogens is 1. The van der Waals surface area contributed by atoms with Crippen molar-refractivity contribution >= 4 is 23.2 Å². The third-order valence-corrected chi connectivity index (χ3v) is 9.68. The summed E-state index contributed by atoms with van der Waals surface area (Å²) in [5.41, 5.74) is 1.23. The molecule has 0 amide bonds. The molecule has 4 aromatic carbocycles. The molecule has 31 heavy (non-hydrogen) atoms. The third kappa shape index (κ3) is 4.98. The highest BCUT2D eigenvalue weighted by Crippen LogP contribution is 2.58. The van der Waals surface area contributed by atoms with Gasteiger partial charge in [0.05, 0.1) is 0 Å². The summed E-state index contributed by atoms with van der Waals surface area (Å²) in [6.45, 7) is 4.31. The zero-order valence-corrected chi connectivity index (χ0v) is 19.9. The van der Waals surface area contributed by atoms with Crippen molar-refractivity contribution in [1.82, 2.24) is 0 Å². The Hall–Kier alpha value is -2.67. The Bertz CT molecular complexity index is 985. The van der Waals surface area contributed by atoms with Gasteiger partial charge in [0.15, 0.2) is 0 Å². The van der Waals surface area contributed by atoms with Crippen molar-refractivity contribution < 1.29 is 21.7 Å². The van der Waals surface area contributed by atoms with E-state index in [9.17, 15) is 0 Å². The van der Waals surface area contributed by atoms with E-state index < -0.39 is 7.26 Å². The van der Waals surface area contributed by atoms with Gasteiger partial charge in [-0.05, 0) is 42.5 Å². The van der Waals surface area contributed by atoms with Crippen LogP contribution in [0.2, 0.25) is 0 Å². The average Bonchev–Trinajstić information content (AvgIpc) is 2.83. The number of hydrogen-bond donors (Lipinski definition) is 0. The van der Waals surface area contributed by atoms with Crippen LogP contribution in [0.1, 0.15) is 5.56 Å². The van der Waals surface area contributed by atoms with Gasteiger partial charge >= 0.3 is 0 Å². The van der Waals surface area contributed by atoms with E-state index in [4.69, 9.17) is 4.74 Å². The minimum atomic E-state index is -1.94. The first kappa shape index (κ1) is 23.0. The van der Waals surface area contributed by atoms with Crippen LogP contribution in [-0.2, 0) is 6.16 Å². The molecule has 0 bridgehead atoms. The topological polar surface area (TPSA) is 9.23 Å². The summed E-state index contributed by atoms with van der Waals surface area (Å²) in [6, 6.07) is 41.2. The first-order chi connectivity index (χ1) is 14.8. The van der Waals surface area contributed by atoms with Crippen LogP contribution < -0.4 is 37.6 Å². The van der Waals surface area contributed by atoms with Crippen LogP contribution in [-0.4, -0.2) is 6.61 Å². The Labute approximate surface area is 196 Å². The molecule has 0 atom stereocenters. The zero-order valence-electron chi connectivity index (χ0n) is 17.4. The van der Waals surface area contributed by atoms with E-state index in [0.29, 0.717) is 6.61 Å². The molecule has 3 heteroatoms. The summed E-state index contributed by atoms with van der Waals surface area (Å²) >= 11 is 0. The van der Waals surface area contributed by atoms with Gasteiger partial charge in [-0.15, -0.1) is 0 Å². The zero-order chi connectivity index (χ0) is 20.7. The average molecular weight is 489 g/mol. The van der Waals surface area contributed by atoms with Gasteiger partial charge in [0, 0.05) is 5.56 Å². The predicted molar refractivity (Wildman–Crippen MR) is 131 cm³/mol. The van der Waals surface area contributed by atoms with Gasteiger partial charge in [-0.1, -0.05) is 85.5 Å². The molecule has 0 fully saturated rings. The van der Waals surface area contributed by atoms with Gasteiger partial charge in [0.1, 0.15) is 41.7 Å². The van der Waals surface area contributed by atoms with E-state index in [1.807, 2.05) is 6.07 Å². The molecule has 1 nitrogen and oxygen atoms in total. The summed E-state index contributed by atoms with van der Waals surface area (Å²) in [5, 5.41) is 4.13. The molecule has 0 radical (unpaired) electrons. The molecule has 4 aromatic rings. The molecular formula is C28H26BrOP. The molecule has 0 spiro atoms. The highest BCUT2D eigenvalue weighted by atomic mass is 79.9. The highest BCUT2D eigenvalue weighted by Gasteiger charge is 2.45. The van der Waals surface area contributed by atoms with Gasteiger partial charge in [-0.2, -0.15) is 0 Å². The molecule has 0 saturated carbocycles. The number of para-hydroxylation sites is 1. The maximum atomic E-state index is 6.04. The summed E-state index contributed by atoms with van der Waals surface area (Å²) in [6.07, 6.45) is 2.70. The largest absolute Gasteiger partial charge is 1.00 e. The summed E-state index contributed by atoms with van der Waals surface area (Å²) in [5.74, 6) is 0.935. The molecule has 0 aromatic heterocycles. The lowest BCUT2D eigenvalue weighted by Crippen LogP contribution is -3.00. The van der Waals surface area contributed by atoms with Crippen LogP contribution in [0.25, 0.3) is 0 Å². The van der Waals surface area contributed by atoms with Crippen molar-refractivity contribution in [3.63, 3.8) is 0 Å². The lowest BCUT2D eigenvalue weighted by Gasteiger charge is -2.28. The maximum absolute atomic E-state index is 6.04. The van der Waals surface area contributed by atoms with Crippen LogP contribution in [0.15, 0.2) is 128 Å². The Balaban J connectivity index is 0.00000272. The van der Waals surface area contributed by atoms with E-state index in [1.54, 1.807) is 6.08 Å². The van der Waals surface area contributed by atoms with Crippen LogP contribution in [0.5, 0.6) is 5.75 Å². The second-order valence-electron chi connectivity index (χ2n) is 7.18. The van der Waals surface area contributed by atoms with E-state index in [0.717, 1.165) is 11.9 Å². The normalized spacial score (nSPS) is 10.7. The van der Waals surface area contributed by atoms with Gasteiger partial charge in [-0.3, -0.25) is 0 Å². The fourth-order valence-corrected chi connectivity index (χ4v) is 8.21. The molecule has 0 unspecified atom stereocenters. The molecular weight excluding hydrogens is 463 g/mol. The number of ether oxygens (including phenoxy) is 1. The van der Waals surface area contributed by atoms with Crippen LogP contribution in [0.3, 0.4) is 0 Å². The fraction of sp³-hybridized carbons (Fsp3) is 0.0714. The van der Waals surface area contributed by atoms with Gasteiger partial charge in [0.25, 0.3) is 0 Å². The van der Waals surface area contributed by atoms with Crippen molar-refractivity contribution in [2.24, 2.45) is 0 Å². The lowest BCUT2D eigenvalue weighted by atomic mass is 10.2. The quantitative estimate of drug-likeness (QED) is 0.273. The van der Waals surface area contributed by atoms with Crippen molar-refractivity contribution in [1.29, 1.82) is 0 Å². The highest BCUT2D eigenvalue weighted by molar-refractivity contribution is 7.95. The van der Waals surface area contributed by atoms with E-state index in [1.165, 1.54) is 21.5 Å². The fourth-order valence-electron chi connectivity index (χ4n) is 3.95. The Kier molecular flexibility index (Phi) is 8.23. The Morgan fingerprint density at radius 1 is 0.613 bits per heavy atom. The van der Waals surface area contributed by atoms with E-state index >= 15 is 0 Å². The molecule has 0 saturated heterocycles. The molecule has 156 valence electrons. The van der Waals surface area contributed by atoms with Crippen LogP contribution in [0, 0.1) is 0 Å². The Morgan fingerprint density at radius 3 is 1.48 bits per heavy atom. The maximum Gasteiger partial charge on any atom is 0.126 e. The minimum absolute atomic E-state index is 0. The van der Waals surface area contributed by atoms with Crippen molar-refractivity contribution in [2.75, 3.05) is 6.61 Å². The molecule has 0 heterocycles. The Morgan fingerprint density at radius 2 is 1.03 bits per heavy atom. The first-order valence-corrected chi connectivity index (χ1v) is 12.2. The van der Waals surface area contributed by atoms with Gasteiger partial charge in [-0.25, -0.2) is 0 Å². The summed E-state index contributed by atoms with van der Waals surface area (Å²) in [4.78, 5) is 0. The summed E-state index contributed by atoms with van der Waals surface area (Å²) < 4.78 is 6.04. The van der Waals surface area contributed by atoms with Crippen LogP contribution in [0.4, 0.5) is 0 Å². The number of hydrogen-bond acceptors (Lipinski definition) is 1. The second-order valence-corrected chi connectivity index (χ2v) is 10.7. The SMILES string of the molecule is C=CCOc1ccccc1C[P+](c1ccccc1)(c1ccccc1)c1ccccc1.[Br-]. The molecule has 0 N–H and O–H groups in total. The molecule has 0 aliphatic carbocycles. The van der Waals surface area contributed by atoms with Crippen molar-refractivity contribution in [3.8, 4) is 5.75 Å². The lowest BCUT2D eigenvalue weighted by molar-refractivity contribution is -0.00000620. The first-order valence-electron chi connectivity index (χ1n) is 10.2. The smallest absolute Gasteiger partial charge is 0.126 e. The minimum Gasteiger partial charge on any atom is -1.00 e. The number of benzene rings is 4. The van der Waals surface area contributed by atoms with Gasteiger partial charge in [0.2, 0.25) is 0 Å². The van der Waals surface area contributed by atoms with Crippen LogP contribution >= 0.6 is 7.26 Å². The second kappa shape index (κ2) is 11.1. The molecule has 0 aliphatic rings. The van der Waals surface area contributed by atoms with E-state index in [2.05, 4.69) is 116 Å². The van der Waals surface area contributed by atoms with Gasteiger partial charge < -0.3 is 21.7 Å². The summed E-state index contributed by atoms with van der Waals surface area (Å²) in [7, 11) is -1.94. The monoisotopic (exact) mass is 488 g/mol. The standard InChI is InChI=1S/C28H26OP.BrH/c1-2-22-29-28-21-13-12-14-24(28)23-30(25-15-6-3-7-16-25,26-17-8-4-9-18-26)27-19-10-5-11-20-27;/h2-21H,1,22-23H2;1H/q+1;/p-1. The predicted octanol–water partition coefficient (Wildman–Crippen LogP) is 2.75. The number of rotatable bonds is 8. The van der Waals surface area contributed by atoms with Crippen molar-refractivity contribution in [2.45, 2.75) is 6.16 Å². The third-order valence-electron chi connectivity index (χ3n) is 5.33.